The van der Waals surface area contributed by atoms with Crippen molar-refractivity contribution in [3.63, 3.8) is 0 Å². The molecule has 0 fully saturated rings. The summed E-state index contributed by atoms with van der Waals surface area (Å²) in [5.41, 5.74) is 5.79. The third-order valence-electron chi connectivity index (χ3n) is 4.84. The minimum absolute atomic E-state index is 0.117. The van der Waals surface area contributed by atoms with Crippen molar-refractivity contribution in [2.45, 2.75) is 19.9 Å². The largest absolute Gasteiger partial charge is 0.494 e. The number of hydrogen-bond acceptors (Lipinski definition) is 3. The maximum absolute atomic E-state index is 12.3. The molecule has 0 radical (unpaired) electrons. The van der Waals surface area contributed by atoms with Crippen LogP contribution in [0.3, 0.4) is 0 Å². The van der Waals surface area contributed by atoms with Crippen molar-refractivity contribution in [1.82, 2.24) is 9.99 Å². The van der Waals surface area contributed by atoms with Crippen LogP contribution in [0.15, 0.2) is 77.9 Å². The summed E-state index contributed by atoms with van der Waals surface area (Å²) < 4.78 is 7.61. The molecule has 4 rings (SSSR count). The summed E-state index contributed by atoms with van der Waals surface area (Å²) in [4.78, 5) is 12.3. The minimum atomic E-state index is -0.117. The highest BCUT2D eigenvalue weighted by Crippen LogP contribution is 2.28. The van der Waals surface area contributed by atoms with Gasteiger partial charge in [0.2, 0.25) is 5.91 Å². The molecule has 1 amide bonds. The number of fused-ring (bicyclic) bond motifs is 3. The van der Waals surface area contributed by atoms with Gasteiger partial charge >= 0.3 is 0 Å². The molecule has 0 bridgehead atoms. The average molecular weight is 385 g/mol. The second-order valence-electron chi connectivity index (χ2n) is 6.73. The molecule has 0 unspecified atom stereocenters. The van der Waals surface area contributed by atoms with E-state index in [9.17, 15) is 4.79 Å². The van der Waals surface area contributed by atoms with Gasteiger partial charge in [-0.1, -0.05) is 36.4 Å². The van der Waals surface area contributed by atoms with E-state index in [1.807, 2.05) is 55.5 Å². The van der Waals surface area contributed by atoms with Gasteiger partial charge in [0.1, 0.15) is 5.75 Å². The summed E-state index contributed by atoms with van der Waals surface area (Å²) in [6.45, 7) is 3.18. The molecule has 0 aliphatic rings. The van der Waals surface area contributed by atoms with E-state index in [1.54, 1.807) is 6.21 Å². The second kappa shape index (κ2) is 8.61. The summed E-state index contributed by atoms with van der Waals surface area (Å²) in [5, 5.41) is 6.48. The van der Waals surface area contributed by atoms with Crippen LogP contribution in [0.4, 0.5) is 0 Å². The fourth-order valence-electron chi connectivity index (χ4n) is 3.51. The molecule has 5 heteroatoms. The maximum Gasteiger partial charge on any atom is 0.241 e. The van der Waals surface area contributed by atoms with Gasteiger partial charge in [0.15, 0.2) is 0 Å². The van der Waals surface area contributed by atoms with Crippen LogP contribution in [-0.2, 0) is 11.3 Å². The molecule has 0 atom stereocenters. The zero-order chi connectivity index (χ0) is 20.1. The first kappa shape index (κ1) is 18.7. The smallest absolute Gasteiger partial charge is 0.241 e. The van der Waals surface area contributed by atoms with Gasteiger partial charge in [0.25, 0.3) is 0 Å². The van der Waals surface area contributed by atoms with Gasteiger partial charge in [-0.05, 0) is 48.9 Å². The van der Waals surface area contributed by atoms with Crippen LogP contribution in [0.2, 0.25) is 0 Å². The van der Waals surface area contributed by atoms with E-state index < -0.39 is 0 Å². The zero-order valence-electron chi connectivity index (χ0n) is 16.3. The lowest BCUT2D eigenvalue weighted by atomic mass is 10.2. The molecule has 1 aromatic heterocycles. The van der Waals surface area contributed by atoms with Crippen molar-refractivity contribution in [1.29, 1.82) is 0 Å². The Kier molecular flexibility index (Phi) is 5.56. The molecule has 29 heavy (non-hydrogen) atoms. The van der Waals surface area contributed by atoms with Gasteiger partial charge in [0.05, 0.1) is 12.8 Å². The fraction of sp³-hybridized carbons (Fsp3) is 0.167. The van der Waals surface area contributed by atoms with E-state index in [1.165, 1.54) is 10.8 Å². The number of nitrogens with one attached hydrogen (secondary N) is 1. The van der Waals surface area contributed by atoms with Crippen LogP contribution in [0.25, 0.3) is 21.8 Å². The number of hydrazone groups is 1. The van der Waals surface area contributed by atoms with Gasteiger partial charge in [-0.2, -0.15) is 5.10 Å². The molecular formula is C24H23N3O2. The molecule has 1 N–H and O–H groups in total. The average Bonchev–Trinajstić information content (AvgIpc) is 3.08. The van der Waals surface area contributed by atoms with Crippen molar-refractivity contribution in [3.05, 3.63) is 78.4 Å². The summed E-state index contributed by atoms with van der Waals surface area (Å²) in [7, 11) is 0. The number of nitrogens with zero attached hydrogens (tertiary/aromatic N) is 2. The van der Waals surface area contributed by atoms with Gasteiger partial charge < -0.3 is 9.30 Å². The number of ether oxygens (including phenoxy) is 1. The first-order chi connectivity index (χ1) is 14.3. The first-order valence-corrected chi connectivity index (χ1v) is 9.77. The first-order valence-electron chi connectivity index (χ1n) is 9.77. The molecule has 0 spiro atoms. The Balaban J connectivity index is 1.41. The van der Waals surface area contributed by atoms with Gasteiger partial charge in [-0.25, -0.2) is 5.43 Å². The molecule has 0 aliphatic heterocycles. The number of hydrogen-bond donors (Lipinski definition) is 1. The zero-order valence-corrected chi connectivity index (χ0v) is 16.3. The Hall–Kier alpha value is -3.60. The molecule has 1 heterocycles. The summed E-state index contributed by atoms with van der Waals surface area (Å²) in [5.74, 6) is 0.703. The van der Waals surface area contributed by atoms with Crippen LogP contribution in [0.1, 0.15) is 18.9 Å². The lowest BCUT2D eigenvalue weighted by Crippen LogP contribution is -2.19. The highest BCUT2D eigenvalue weighted by molar-refractivity contribution is 6.08. The molecule has 3 aromatic carbocycles. The third-order valence-corrected chi connectivity index (χ3v) is 4.84. The van der Waals surface area contributed by atoms with E-state index in [0.29, 0.717) is 19.6 Å². The van der Waals surface area contributed by atoms with E-state index in [4.69, 9.17) is 4.74 Å². The molecule has 0 aliphatic carbocycles. The molecule has 4 aromatic rings. The minimum Gasteiger partial charge on any atom is -0.494 e. The Labute approximate surface area is 169 Å². The number of carbonyl (C=O) groups is 1. The topological polar surface area (TPSA) is 55.6 Å². The van der Waals surface area contributed by atoms with Crippen molar-refractivity contribution in [2.24, 2.45) is 5.10 Å². The molecule has 5 nitrogen and oxygen atoms in total. The van der Waals surface area contributed by atoms with Crippen LogP contribution in [0.5, 0.6) is 5.75 Å². The SMILES string of the molecule is CCOc1ccc(C=NNC(=O)CCn2c3ccccc3c3ccccc32)cc1. The number of aromatic nitrogens is 1. The van der Waals surface area contributed by atoms with E-state index in [2.05, 4.69) is 39.4 Å². The van der Waals surface area contributed by atoms with Crippen LogP contribution >= 0.6 is 0 Å². The molecule has 0 saturated carbocycles. The van der Waals surface area contributed by atoms with E-state index in [-0.39, 0.29) is 5.91 Å². The second-order valence-corrected chi connectivity index (χ2v) is 6.73. The molecule has 146 valence electrons. The van der Waals surface area contributed by atoms with Crippen LogP contribution in [0, 0.1) is 0 Å². The number of benzene rings is 3. The Morgan fingerprint density at radius 3 is 2.21 bits per heavy atom. The van der Waals surface area contributed by atoms with Gasteiger partial charge in [-0.15, -0.1) is 0 Å². The van der Waals surface area contributed by atoms with Crippen molar-refractivity contribution >= 4 is 33.9 Å². The Morgan fingerprint density at radius 1 is 0.966 bits per heavy atom. The van der Waals surface area contributed by atoms with Crippen LogP contribution < -0.4 is 10.2 Å². The van der Waals surface area contributed by atoms with Crippen molar-refractivity contribution in [2.75, 3.05) is 6.61 Å². The Morgan fingerprint density at radius 2 is 1.59 bits per heavy atom. The Bertz CT molecular complexity index is 1110. The standard InChI is InChI=1S/C24H23N3O2/c1-2-29-19-13-11-18(12-14-19)17-25-26-24(28)15-16-27-22-9-5-3-7-20(22)21-8-4-6-10-23(21)27/h3-14,17H,2,15-16H2,1H3,(H,26,28). The number of amides is 1. The monoisotopic (exact) mass is 385 g/mol. The predicted octanol–water partition coefficient (Wildman–Crippen LogP) is 4.73. The summed E-state index contributed by atoms with van der Waals surface area (Å²) in [6.07, 6.45) is 1.98. The lowest BCUT2D eigenvalue weighted by Gasteiger charge is -2.06. The lowest BCUT2D eigenvalue weighted by molar-refractivity contribution is -0.121. The van der Waals surface area contributed by atoms with Gasteiger partial charge in [-0.3, -0.25) is 4.79 Å². The number of para-hydroxylation sites is 2. The molecule has 0 saturated heterocycles. The highest BCUT2D eigenvalue weighted by Gasteiger charge is 2.10. The van der Waals surface area contributed by atoms with Gasteiger partial charge in [0, 0.05) is 34.8 Å². The van der Waals surface area contributed by atoms with Crippen molar-refractivity contribution in [3.8, 4) is 5.75 Å². The van der Waals surface area contributed by atoms with Crippen molar-refractivity contribution < 1.29 is 9.53 Å². The highest BCUT2D eigenvalue weighted by atomic mass is 16.5. The van der Waals surface area contributed by atoms with E-state index >= 15 is 0 Å². The van der Waals surface area contributed by atoms with E-state index in [0.717, 1.165) is 22.3 Å². The summed E-state index contributed by atoms with van der Waals surface area (Å²) in [6, 6.07) is 24.1. The number of rotatable bonds is 7. The van der Waals surface area contributed by atoms with Crippen LogP contribution in [-0.4, -0.2) is 23.3 Å². The predicted molar refractivity (Wildman–Crippen MR) is 117 cm³/mol. The maximum atomic E-state index is 12.3. The number of carbonyl (C=O) groups excluding carboxylic acids is 1. The third kappa shape index (κ3) is 4.14. The number of aryl methyl sites for hydroxylation is 1. The quantitative estimate of drug-likeness (QED) is 0.369. The fourth-order valence-corrected chi connectivity index (χ4v) is 3.51. The normalized spacial score (nSPS) is 11.3. The molecular weight excluding hydrogens is 362 g/mol. The summed E-state index contributed by atoms with van der Waals surface area (Å²) >= 11 is 0.